The van der Waals surface area contributed by atoms with Crippen LogP contribution in [-0.2, 0) is 28.5 Å². The van der Waals surface area contributed by atoms with Crippen molar-refractivity contribution in [3.63, 3.8) is 0 Å². The van der Waals surface area contributed by atoms with Gasteiger partial charge in [0.25, 0.3) is 0 Å². The summed E-state index contributed by atoms with van der Waals surface area (Å²) in [6.07, 6.45) is -1.47. The van der Waals surface area contributed by atoms with Crippen LogP contribution in [0.25, 0.3) is 0 Å². The van der Waals surface area contributed by atoms with Crippen LogP contribution >= 0.6 is 11.6 Å². The Bertz CT molecular complexity index is 1080. The molecule has 190 valence electrons. The molecular weight excluding hydrogens is 483 g/mol. The summed E-state index contributed by atoms with van der Waals surface area (Å²) in [4.78, 5) is 23.1. The lowest BCUT2D eigenvalue weighted by Crippen LogP contribution is -2.40. The molecule has 1 aromatic carbocycles. The summed E-state index contributed by atoms with van der Waals surface area (Å²) in [6, 6.07) is 3.13. The Balaban J connectivity index is 1.48. The fourth-order valence-corrected chi connectivity index (χ4v) is 4.95. The minimum absolute atomic E-state index is 0.0472. The van der Waals surface area contributed by atoms with E-state index in [0.717, 1.165) is 23.4 Å². The van der Waals surface area contributed by atoms with E-state index in [1.54, 1.807) is 6.07 Å². The van der Waals surface area contributed by atoms with Crippen molar-refractivity contribution in [2.24, 2.45) is 5.92 Å². The number of halogens is 4. The van der Waals surface area contributed by atoms with Crippen molar-refractivity contribution in [2.75, 3.05) is 37.4 Å². The van der Waals surface area contributed by atoms with Gasteiger partial charge in [-0.05, 0) is 67.0 Å². The standard InChI is InChI=1S/C24H29ClF3N5O2/c1-2-19(15-11-16(24(26,27)28)13-17(29)12-15)30-22-18-9-14(10-20(18)31-23(25)32-22)3-4-21(34)33-5-7-35-8-6-33/h11-14,19H,2-10,29H2,1H3,(H,30,31,32). The van der Waals surface area contributed by atoms with E-state index in [-0.39, 0.29) is 22.8 Å². The lowest BCUT2D eigenvalue weighted by molar-refractivity contribution is -0.137. The van der Waals surface area contributed by atoms with E-state index in [9.17, 15) is 18.0 Å². The lowest BCUT2D eigenvalue weighted by atomic mass is 9.99. The van der Waals surface area contributed by atoms with Gasteiger partial charge in [-0.25, -0.2) is 9.97 Å². The van der Waals surface area contributed by atoms with Crippen molar-refractivity contribution >= 4 is 29.0 Å². The van der Waals surface area contributed by atoms with Crippen molar-refractivity contribution in [1.29, 1.82) is 0 Å². The van der Waals surface area contributed by atoms with Crippen LogP contribution < -0.4 is 11.1 Å². The summed E-state index contributed by atoms with van der Waals surface area (Å²) in [5.41, 5.74) is 7.17. The number of rotatable bonds is 7. The minimum Gasteiger partial charge on any atom is -0.399 e. The number of anilines is 2. The topological polar surface area (TPSA) is 93.4 Å². The molecule has 0 saturated carbocycles. The molecule has 2 unspecified atom stereocenters. The number of nitrogens with two attached hydrogens (primary N) is 1. The van der Waals surface area contributed by atoms with Gasteiger partial charge in [0, 0.05) is 30.8 Å². The number of alkyl halides is 3. The number of ether oxygens (including phenoxy) is 1. The maximum absolute atomic E-state index is 13.3. The quantitative estimate of drug-likeness (QED) is 0.415. The highest BCUT2D eigenvalue weighted by Gasteiger charge is 2.32. The molecule has 2 aliphatic rings. The number of benzene rings is 1. The predicted molar refractivity (Wildman–Crippen MR) is 127 cm³/mol. The third-order valence-electron chi connectivity index (χ3n) is 6.60. The first-order chi connectivity index (χ1) is 16.6. The Kier molecular flexibility index (Phi) is 7.70. The lowest BCUT2D eigenvalue weighted by Gasteiger charge is -2.27. The highest BCUT2D eigenvalue weighted by Crippen LogP contribution is 2.37. The van der Waals surface area contributed by atoms with E-state index >= 15 is 0 Å². The zero-order valence-corrected chi connectivity index (χ0v) is 20.3. The van der Waals surface area contributed by atoms with Crippen molar-refractivity contribution in [1.82, 2.24) is 14.9 Å². The predicted octanol–water partition coefficient (Wildman–Crippen LogP) is 4.65. The number of nitrogen functional groups attached to an aromatic ring is 1. The van der Waals surface area contributed by atoms with Gasteiger partial charge in [-0.2, -0.15) is 13.2 Å². The summed E-state index contributed by atoms with van der Waals surface area (Å²) >= 11 is 6.18. The third kappa shape index (κ3) is 6.16. The van der Waals surface area contributed by atoms with E-state index in [2.05, 4.69) is 15.3 Å². The first-order valence-corrected chi connectivity index (χ1v) is 12.2. The van der Waals surface area contributed by atoms with Gasteiger partial charge < -0.3 is 20.7 Å². The number of carbonyl (C=O) groups excluding carboxylic acids is 1. The molecule has 1 aromatic heterocycles. The number of fused-ring (bicyclic) bond motifs is 1. The number of nitrogens with zero attached hydrogens (tertiary/aromatic N) is 3. The largest absolute Gasteiger partial charge is 0.416 e. The monoisotopic (exact) mass is 511 g/mol. The number of nitrogens with one attached hydrogen (secondary N) is 1. The molecule has 0 spiro atoms. The summed E-state index contributed by atoms with van der Waals surface area (Å²) in [7, 11) is 0. The molecule has 1 aliphatic heterocycles. The molecule has 4 rings (SSSR count). The molecule has 7 nitrogen and oxygen atoms in total. The normalized spacial score (nSPS) is 18.9. The van der Waals surface area contributed by atoms with E-state index < -0.39 is 17.8 Å². The van der Waals surface area contributed by atoms with E-state index in [1.165, 1.54) is 0 Å². The van der Waals surface area contributed by atoms with Gasteiger partial charge in [0.2, 0.25) is 11.2 Å². The van der Waals surface area contributed by atoms with Crippen molar-refractivity contribution in [3.05, 3.63) is 45.9 Å². The Hall–Kier alpha value is -2.59. The van der Waals surface area contributed by atoms with Gasteiger partial charge in [0.05, 0.1) is 30.5 Å². The molecule has 2 atom stereocenters. The molecule has 11 heteroatoms. The Morgan fingerprint density at radius 2 is 2.00 bits per heavy atom. The van der Waals surface area contributed by atoms with Crippen molar-refractivity contribution < 1.29 is 22.7 Å². The highest BCUT2D eigenvalue weighted by atomic mass is 35.5. The molecule has 35 heavy (non-hydrogen) atoms. The van der Waals surface area contributed by atoms with Crippen LogP contribution in [0.4, 0.5) is 24.7 Å². The average molecular weight is 512 g/mol. The summed E-state index contributed by atoms with van der Waals surface area (Å²) < 4.78 is 45.3. The number of hydrogen-bond donors (Lipinski definition) is 2. The van der Waals surface area contributed by atoms with Crippen LogP contribution in [-0.4, -0.2) is 47.1 Å². The van der Waals surface area contributed by atoms with E-state index in [1.807, 2.05) is 11.8 Å². The molecular formula is C24H29ClF3N5O2. The fraction of sp³-hybridized carbons (Fsp3) is 0.542. The molecule has 3 N–H and O–H groups in total. The number of amides is 1. The maximum Gasteiger partial charge on any atom is 0.416 e. The van der Waals surface area contributed by atoms with Crippen molar-refractivity contribution in [2.45, 2.75) is 51.2 Å². The molecule has 1 amide bonds. The number of morpholine rings is 1. The zero-order valence-electron chi connectivity index (χ0n) is 19.5. The smallest absolute Gasteiger partial charge is 0.399 e. The van der Waals surface area contributed by atoms with Crippen LogP contribution in [0.1, 0.15) is 54.6 Å². The third-order valence-corrected chi connectivity index (χ3v) is 6.77. The molecule has 2 heterocycles. The Morgan fingerprint density at radius 1 is 1.26 bits per heavy atom. The van der Waals surface area contributed by atoms with E-state index in [4.69, 9.17) is 22.1 Å². The van der Waals surface area contributed by atoms with Crippen LogP contribution in [0.2, 0.25) is 5.28 Å². The number of aromatic nitrogens is 2. The minimum atomic E-state index is -4.49. The second kappa shape index (κ2) is 10.6. The van der Waals surface area contributed by atoms with Crippen LogP contribution in [0.5, 0.6) is 0 Å². The Morgan fingerprint density at radius 3 is 2.69 bits per heavy atom. The van der Waals surface area contributed by atoms with Crippen molar-refractivity contribution in [3.8, 4) is 0 Å². The first kappa shape index (κ1) is 25.5. The maximum atomic E-state index is 13.3. The summed E-state index contributed by atoms with van der Waals surface area (Å²) in [5, 5.41) is 3.36. The first-order valence-electron chi connectivity index (χ1n) is 11.8. The fourth-order valence-electron chi connectivity index (χ4n) is 4.77. The van der Waals surface area contributed by atoms with Gasteiger partial charge in [-0.3, -0.25) is 4.79 Å². The van der Waals surface area contributed by atoms with E-state index in [0.29, 0.717) is 69.8 Å². The SMILES string of the molecule is CCC(Nc1nc(Cl)nc2c1CC(CCC(=O)N1CCOCC1)C2)c1cc(N)cc(C(F)(F)F)c1. The highest BCUT2D eigenvalue weighted by molar-refractivity contribution is 6.28. The van der Waals surface area contributed by atoms with Crippen LogP contribution in [0.15, 0.2) is 18.2 Å². The van der Waals surface area contributed by atoms with Gasteiger partial charge in [0.15, 0.2) is 0 Å². The zero-order chi connectivity index (χ0) is 25.2. The van der Waals surface area contributed by atoms with Gasteiger partial charge in [-0.1, -0.05) is 6.92 Å². The molecule has 1 aliphatic carbocycles. The summed E-state index contributed by atoms with van der Waals surface area (Å²) in [6.45, 7) is 4.26. The van der Waals surface area contributed by atoms with Gasteiger partial charge in [-0.15, -0.1) is 0 Å². The Labute approximate surface area is 207 Å². The van der Waals surface area contributed by atoms with Crippen LogP contribution in [0, 0.1) is 5.92 Å². The molecule has 1 fully saturated rings. The molecule has 0 bridgehead atoms. The van der Waals surface area contributed by atoms with Gasteiger partial charge >= 0.3 is 6.18 Å². The number of hydrogen-bond acceptors (Lipinski definition) is 6. The van der Waals surface area contributed by atoms with Crippen LogP contribution in [0.3, 0.4) is 0 Å². The van der Waals surface area contributed by atoms with Gasteiger partial charge in [0.1, 0.15) is 5.82 Å². The molecule has 1 saturated heterocycles. The summed E-state index contributed by atoms with van der Waals surface area (Å²) in [5.74, 6) is 0.859. The molecule has 0 radical (unpaired) electrons. The second-order valence-corrected chi connectivity index (χ2v) is 9.40. The number of carbonyl (C=O) groups is 1. The second-order valence-electron chi connectivity index (χ2n) is 9.06. The average Bonchev–Trinajstić information content (AvgIpc) is 3.23. The molecule has 2 aromatic rings.